The fraction of sp³-hybridized carbons (Fsp3) is 0.800. The van der Waals surface area contributed by atoms with Crippen LogP contribution < -0.4 is 0 Å². The Kier molecular flexibility index (Phi) is 13.1. The molecule has 2 saturated heterocycles. The van der Waals surface area contributed by atoms with Gasteiger partial charge in [-0.05, 0) is 20.3 Å². The van der Waals surface area contributed by atoms with Gasteiger partial charge in [0.25, 0.3) is 0 Å². The lowest BCUT2D eigenvalue weighted by Gasteiger charge is -2.46. The van der Waals surface area contributed by atoms with E-state index in [1.165, 1.54) is 13.8 Å². The fourth-order valence-electron chi connectivity index (χ4n) is 4.20. The summed E-state index contributed by atoms with van der Waals surface area (Å²) in [7, 11) is 0. The Morgan fingerprint density at radius 1 is 0.750 bits per heavy atom. The van der Waals surface area contributed by atoms with Gasteiger partial charge in [0.2, 0.25) is 0 Å². The first-order valence-corrected chi connectivity index (χ1v) is 13.7. The van der Waals surface area contributed by atoms with Crippen molar-refractivity contribution in [3.8, 4) is 0 Å². The van der Waals surface area contributed by atoms with Crippen LogP contribution in [0, 0.1) is 0 Å². The van der Waals surface area contributed by atoms with Crippen LogP contribution in [-0.2, 0) is 61.9 Å². The highest BCUT2D eigenvalue weighted by Gasteiger charge is 2.54. The van der Waals surface area contributed by atoms with Crippen molar-refractivity contribution in [2.45, 2.75) is 115 Å². The Hall–Kier alpha value is -2.46. The summed E-state index contributed by atoms with van der Waals surface area (Å²) in [6.45, 7) is 8.81. The third-order valence-electron chi connectivity index (χ3n) is 5.63. The van der Waals surface area contributed by atoms with Crippen LogP contribution >= 0.6 is 11.8 Å². The molecule has 0 aromatic carbocycles. The second kappa shape index (κ2) is 15.5. The predicted molar refractivity (Wildman–Crippen MR) is 135 cm³/mol. The molecule has 2 heterocycles. The minimum atomic E-state index is -1.34. The molecular formula is C25H38O14S. The molecule has 0 spiro atoms. The SMILES string of the molecule is CC(=O)OCC1O[C@@H](S[C@@H]2C[C@H](O)[C@@H](OC(C)C)OC2COC(C)=O)C(OC(C)=O)C(OC(C)=O)[C@@H]1OC(C)=O. The van der Waals surface area contributed by atoms with Crippen LogP contribution in [0.4, 0.5) is 0 Å². The van der Waals surface area contributed by atoms with Crippen LogP contribution in [-0.4, -0.2) is 108 Å². The van der Waals surface area contributed by atoms with E-state index in [0.717, 1.165) is 32.5 Å². The molecule has 0 aromatic heterocycles. The molecule has 14 nitrogen and oxygen atoms in total. The predicted octanol–water partition coefficient (Wildman–Crippen LogP) is 0.635. The van der Waals surface area contributed by atoms with Gasteiger partial charge in [0.1, 0.15) is 37.0 Å². The number of hydrogen-bond acceptors (Lipinski definition) is 15. The molecule has 0 bridgehead atoms. The number of ether oxygens (including phenoxy) is 8. The van der Waals surface area contributed by atoms with Gasteiger partial charge in [0.15, 0.2) is 24.6 Å². The van der Waals surface area contributed by atoms with Gasteiger partial charge in [0, 0.05) is 39.9 Å². The van der Waals surface area contributed by atoms with Gasteiger partial charge in [-0.2, -0.15) is 0 Å². The van der Waals surface area contributed by atoms with Crippen LogP contribution in [0.3, 0.4) is 0 Å². The van der Waals surface area contributed by atoms with Gasteiger partial charge in [0.05, 0.1) is 6.10 Å². The average Bonchev–Trinajstić information content (AvgIpc) is 2.81. The molecule has 9 atom stereocenters. The van der Waals surface area contributed by atoms with Crippen molar-refractivity contribution < 1.29 is 67.0 Å². The first-order valence-electron chi connectivity index (χ1n) is 12.8. The number of thioether (sulfide) groups is 1. The first-order chi connectivity index (χ1) is 18.7. The smallest absolute Gasteiger partial charge is 0.303 e. The van der Waals surface area contributed by atoms with Crippen LogP contribution in [0.5, 0.6) is 0 Å². The summed E-state index contributed by atoms with van der Waals surface area (Å²) in [6.07, 6.45) is -8.06. The topological polar surface area (TPSA) is 179 Å². The zero-order valence-electron chi connectivity index (χ0n) is 23.6. The molecule has 0 aliphatic carbocycles. The maximum atomic E-state index is 12.1. The van der Waals surface area contributed by atoms with Crippen LogP contribution in [0.15, 0.2) is 0 Å². The third kappa shape index (κ3) is 10.5. The molecule has 1 N–H and O–H groups in total. The molecule has 2 aliphatic heterocycles. The van der Waals surface area contributed by atoms with Gasteiger partial charge in [-0.25, -0.2) is 0 Å². The molecule has 0 saturated carbocycles. The largest absolute Gasteiger partial charge is 0.463 e. The minimum Gasteiger partial charge on any atom is -0.463 e. The zero-order chi connectivity index (χ0) is 30.1. The molecule has 0 radical (unpaired) electrons. The molecule has 40 heavy (non-hydrogen) atoms. The highest BCUT2D eigenvalue weighted by Crippen LogP contribution is 2.40. The molecule has 2 aliphatic rings. The lowest BCUT2D eigenvalue weighted by molar-refractivity contribution is -0.256. The Morgan fingerprint density at radius 3 is 1.75 bits per heavy atom. The van der Waals surface area contributed by atoms with Crippen molar-refractivity contribution in [2.75, 3.05) is 13.2 Å². The Labute approximate surface area is 236 Å². The van der Waals surface area contributed by atoms with Crippen molar-refractivity contribution in [1.82, 2.24) is 0 Å². The van der Waals surface area contributed by atoms with Crippen LogP contribution in [0.25, 0.3) is 0 Å². The van der Waals surface area contributed by atoms with Gasteiger partial charge in [-0.15, -0.1) is 11.8 Å². The maximum Gasteiger partial charge on any atom is 0.303 e. The first kappa shape index (κ1) is 33.7. The quantitative estimate of drug-likeness (QED) is 0.260. The Bertz CT molecular complexity index is 910. The summed E-state index contributed by atoms with van der Waals surface area (Å²) < 4.78 is 44.4. The van der Waals surface area contributed by atoms with Crippen molar-refractivity contribution >= 4 is 41.6 Å². The van der Waals surface area contributed by atoms with Crippen molar-refractivity contribution in [2.24, 2.45) is 0 Å². The molecule has 0 aromatic rings. The minimum absolute atomic E-state index is 0.0981. The van der Waals surface area contributed by atoms with Crippen molar-refractivity contribution in [1.29, 1.82) is 0 Å². The van der Waals surface area contributed by atoms with E-state index in [4.69, 9.17) is 37.9 Å². The maximum absolute atomic E-state index is 12.1. The Balaban J connectivity index is 2.44. The summed E-state index contributed by atoms with van der Waals surface area (Å²) in [4.78, 5) is 59.2. The van der Waals surface area contributed by atoms with E-state index in [1.54, 1.807) is 13.8 Å². The fourth-order valence-corrected chi connectivity index (χ4v) is 5.75. The van der Waals surface area contributed by atoms with E-state index in [2.05, 4.69) is 0 Å². The number of aliphatic hydroxyl groups excluding tert-OH is 1. The number of carbonyl (C=O) groups is 5. The van der Waals surface area contributed by atoms with Crippen LogP contribution in [0.1, 0.15) is 54.9 Å². The lowest BCUT2D eigenvalue weighted by atomic mass is 9.99. The van der Waals surface area contributed by atoms with E-state index >= 15 is 0 Å². The number of rotatable bonds is 11. The monoisotopic (exact) mass is 594 g/mol. The average molecular weight is 595 g/mol. The lowest BCUT2D eigenvalue weighted by Crippen LogP contribution is -2.62. The van der Waals surface area contributed by atoms with Crippen LogP contribution in [0.2, 0.25) is 0 Å². The molecule has 0 amide bonds. The normalized spacial score (nSPS) is 32.1. The summed E-state index contributed by atoms with van der Waals surface area (Å²) in [6, 6.07) is 0. The zero-order valence-corrected chi connectivity index (χ0v) is 24.4. The summed E-state index contributed by atoms with van der Waals surface area (Å²) in [5, 5.41) is 10.1. The van der Waals surface area contributed by atoms with Gasteiger partial charge >= 0.3 is 29.8 Å². The standard InChI is InChI=1S/C25H38O14S/c1-11(2)34-24-17(31)8-20(18(38-24)9-32-12(3)26)40-25-23(37-16(7)30)22(36-15(6)29)21(35-14(5)28)19(39-25)10-33-13(4)27/h11,17-25,31H,8-10H2,1-7H3/t17-,18?,19?,20+,21+,22?,23?,24-,25-/m0/s1. The van der Waals surface area contributed by atoms with E-state index < -0.39 is 83.4 Å². The molecule has 4 unspecified atom stereocenters. The Morgan fingerprint density at radius 2 is 1.25 bits per heavy atom. The highest BCUT2D eigenvalue weighted by molar-refractivity contribution is 8.00. The van der Waals surface area contributed by atoms with E-state index in [1.807, 2.05) is 0 Å². The molecule has 228 valence electrons. The number of carbonyl (C=O) groups excluding carboxylic acids is 5. The second-order valence-electron chi connectivity index (χ2n) is 9.58. The molecule has 15 heteroatoms. The van der Waals surface area contributed by atoms with E-state index in [9.17, 15) is 29.1 Å². The van der Waals surface area contributed by atoms with Gasteiger partial charge < -0.3 is 43.0 Å². The third-order valence-corrected chi connectivity index (χ3v) is 7.12. The summed E-state index contributed by atoms with van der Waals surface area (Å²) in [5.41, 5.74) is -1.09. The highest BCUT2D eigenvalue weighted by atomic mass is 32.2. The van der Waals surface area contributed by atoms with E-state index in [-0.39, 0.29) is 25.7 Å². The van der Waals surface area contributed by atoms with Gasteiger partial charge in [-0.1, -0.05) is 0 Å². The summed E-state index contributed by atoms with van der Waals surface area (Å²) >= 11 is 1.06. The number of aliphatic hydroxyl groups is 1. The van der Waals surface area contributed by atoms with Gasteiger partial charge in [-0.3, -0.25) is 24.0 Å². The van der Waals surface area contributed by atoms with Crippen molar-refractivity contribution in [3.63, 3.8) is 0 Å². The molecule has 2 rings (SSSR count). The second-order valence-corrected chi connectivity index (χ2v) is 10.9. The summed E-state index contributed by atoms with van der Waals surface area (Å²) in [5.74, 6) is -3.42. The van der Waals surface area contributed by atoms with Crippen molar-refractivity contribution in [3.05, 3.63) is 0 Å². The molecule has 2 fully saturated rings. The van der Waals surface area contributed by atoms with E-state index in [0.29, 0.717) is 0 Å². The number of esters is 5. The number of hydrogen-bond donors (Lipinski definition) is 1. The molecular weight excluding hydrogens is 556 g/mol.